The summed E-state index contributed by atoms with van der Waals surface area (Å²) >= 11 is 4.44. The largest absolute Gasteiger partial charge is 0.421 e. The van der Waals surface area contributed by atoms with E-state index in [1.165, 1.54) is 22.5 Å². The molecule has 1 fully saturated rings. The van der Waals surface area contributed by atoms with Crippen molar-refractivity contribution in [3.8, 4) is 0 Å². The summed E-state index contributed by atoms with van der Waals surface area (Å²) in [5.74, 6) is 0. The Labute approximate surface area is 173 Å². The first-order chi connectivity index (χ1) is 12.9. The molecule has 0 radical (unpaired) electrons. The molecule has 2 heterocycles. The van der Waals surface area contributed by atoms with Crippen LogP contribution in [-0.2, 0) is 15.6 Å². The second kappa shape index (κ2) is 7.60. The van der Waals surface area contributed by atoms with Crippen molar-refractivity contribution in [3.05, 3.63) is 45.7 Å². The third-order valence-corrected chi connectivity index (χ3v) is 8.64. The number of aliphatic hydroxyl groups is 1. The maximum Gasteiger partial charge on any atom is 0.421 e. The van der Waals surface area contributed by atoms with E-state index in [9.17, 15) is 26.7 Å². The highest BCUT2D eigenvalue weighted by molar-refractivity contribution is 9.10. The molecule has 0 amide bonds. The Hall–Kier alpha value is -1.14. The number of thiophene rings is 1. The zero-order valence-electron chi connectivity index (χ0n) is 14.8. The molecule has 1 aliphatic heterocycles. The first-order valence-corrected chi connectivity index (χ1v) is 11.4. The van der Waals surface area contributed by atoms with Crippen molar-refractivity contribution in [2.75, 3.05) is 31.1 Å². The molecule has 28 heavy (non-hydrogen) atoms. The molecule has 0 aliphatic carbocycles. The van der Waals surface area contributed by atoms with E-state index in [0.717, 1.165) is 11.3 Å². The number of sulfonamides is 1. The van der Waals surface area contributed by atoms with E-state index in [2.05, 4.69) is 15.9 Å². The predicted molar refractivity (Wildman–Crippen MR) is 105 cm³/mol. The third-order valence-electron chi connectivity index (χ3n) is 4.73. The fourth-order valence-electron chi connectivity index (χ4n) is 2.94. The Morgan fingerprint density at radius 1 is 1.14 bits per heavy atom. The van der Waals surface area contributed by atoms with Crippen LogP contribution in [0.1, 0.15) is 12.5 Å². The lowest BCUT2D eigenvalue weighted by atomic mass is 9.95. The van der Waals surface area contributed by atoms with Crippen LogP contribution >= 0.6 is 27.3 Å². The van der Waals surface area contributed by atoms with Gasteiger partial charge in [-0.15, -0.1) is 11.3 Å². The Bertz CT molecular complexity index is 939. The SMILES string of the molecule is CC(O)(c1ccc(N2CCN(S(=O)(=O)c3cccs3)CC2)c(Br)c1)C(F)(F)F. The molecule has 0 saturated carbocycles. The van der Waals surface area contributed by atoms with Gasteiger partial charge in [-0.3, -0.25) is 0 Å². The van der Waals surface area contributed by atoms with Crippen molar-refractivity contribution in [1.82, 2.24) is 4.31 Å². The van der Waals surface area contributed by atoms with Gasteiger partial charge in [0, 0.05) is 30.7 Å². The summed E-state index contributed by atoms with van der Waals surface area (Å²) in [5, 5.41) is 11.5. The second-order valence-electron chi connectivity index (χ2n) is 6.56. The highest BCUT2D eigenvalue weighted by Gasteiger charge is 2.51. The van der Waals surface area contributed by atoms with Crippen molar-refractivity contribution in [2.24, 2.45) is 0 Å². The Morgan fingerprint density at radius 2 is 1.79 bits per heavy atom. The van der Waals surface area contributed by atoms with Gasteiger partial charge in [-0.25, -0.2) is 8.42 Å². The average molecular weight is 499 g/mol. The van der Waals surface area contributed by atoms with Gasteiger partial charge in [-0.1, -0.05) is 12.1 Å². The molecule has 1 atom stereocenters. The maximum atomic E-state index is 13.0. The summed E-state index contributed by atoms with van der Waals surface area (Å²) in [6.45, 7) is 2.06. The molecule has 11 heteroatoms. The van der Waals surface area contributed by atoms with Gasteiger partial charge < -0.3 is 10.0 Å². The molecule has 154 valence electrons. The van der Waals surface area contributed by atoms with E-state index in [1.54, 1.807) is 17.5 Å². The first kappa shape index (κ1) is 21.6. The monoisotopic (exact) mass is 498 g/mol. The molecule has 3 rings (SSSR count). The zero-order chi connectivity index (χ0) is 20.7. The minimum Gasteiger partial charge on any atom is -0.376 e. The second-order valence-corrected chi connectivity index (χ2v) is 10.5. The van der Waals surface area contributed by atoms with Crippen molar-refractivity contribution in [2.45, 2.75) is 22.9 Å². The Balaban J connectivity index is 1.75. The van der Waals surface area contributed by atoms with E-state index in [1.807, 2.05) is 4.90 Å². The molecule has 5 nitrogen and oxygen atoms in total. The molecule has 0 spiro atoms. The summed E-state index contributed by atoms with van der Waals surface area (Å²) < 4.78 is 66.4. The topological polar surface area (TPSA) is 60.9 Å². The lowest BCUT2D eigenvalue weighted by Crippen LogP contribution is -2.48. The molecule has 1 unspecified atom stereocenters. The molecular weight excluding hydrogens is 481 g/mol. The van der Waals surface area contributed by atoms with Gasteiger partial charge in [0.2, 0.25) is 0 Å². The number of benzene rings is 1. The minimum atomic E-state index is -4.80. The van der Waals surface area contributed by atoms with Crippen molar-refractivity contribution < 1.29 is 26.7 Å². The normalized spacial score (nSPS) is 18.9. The molecule has 1 aliphatic rings. The molecular formula is C17H18BrF3N2O3S2. The van der Waals surface area contributed by atoms with Crippen LogP contribution in [0, 0.1) is 0 Å². The Kier molecular flexibility index (Phi) is 5.85. The Morgan fingerprint density at radius 3 is 2.29 bits per heavy atom. The summed E-state index contributed by atoms with van der Waals surface area (Å²) in [4.78, 5) is 1.90. The number of anilines is 1. The van der Waals surface area contributed by atoms with Crippen LogP contribution in [0.3, 0.4) is 0 Å². The van der Waals surface area contributed by atoms with Gasteiger partial charge in [0.05, 0.1) is 5.69 Å². The number of hydrogen-bond acceptors (Lipinski definition) is 5. The summed E-state index contributed by atoms with van der Waals surface area (Å²) in [5.41, 5.74) is -2.58. The number of hydrogen-bond donors (Lipinski definition) is 1. The van der Waals surface area contributed by atoms with Gasteiger partial charge in [-0.05, 0) is 52.0 Å². The average Bonchev–Trinajstić information content (AvgIpc) is 3.16. The molecule has 1 N–H and O–H groups in total. The minimum absolute atomic E-state index is 0.269. The smallest absolute Gasteiger partial charge is 0.376 e. The van der Waals surface area contributed by atoms with Crippen LogP contribution in [0.15, 0.2) is 44.4 Å². The van der Waals surface area contributed by atoms with Crippen molar-refractivity contribution in [1.29, 1.82) is 0 Å². The maximum absolute atomic E-state index is 13.0. The zero-order valence-corrected chi connectivity index (χ0v) is 18.0. The molecule has 1 aromatic carbocycles. The van der Waals surface area contributed by atoms with E-state index < -0.39 is 21.8 Å². The molecule has 1 saturated heterocycles. The van der Waals surface area contributed by atoms with Crippen LogP contribution in [-0.4, -0.2) is 50.2 Å². The molecule has 2 aromatic rings. The number of nitrogens with zero attached hydrogens (tertiary/aromatic N) is 2. The molecule has 0 bridgehead atoms. The van der Waals surface area contributed by atoms with Gasteiger partial charge in [-0.2, -0.15) is 17.5 Å². The highest BCUT2D eigenvalue weighted by Crippen LogP contribution is 2.41. The number of piperazine rings is 1. The van der Waals surface area contributed by atoms with Crippen LogP contribution in [0.25, 0.3) is 0 Å². The van der Waals surface area contributed by atoms with Gasteiger partial charge >= 0.3 is 6.18 Å². The summed E-state index contributed by atoms with van der Waals surface area (Å²) in [6, 6.07) is 7.24. The van der Waals surface area contributed by atoms with E-state index in [0.29, 0.717) is 34.4 Å². The lowest BCUT2D eigenvalue weighted by molar-refractivity contribution is -0.258. The fraction of sp³-hybridized carbons (Fsp3) is 0.412. The predicted octanol–water partition coefficient (Wildman–Crippen LogP) is 3.79. The van der Waals surface area contributed by atoms with Gasteiger partial charge in [0.25, 0.3) is 10.0 Å². The first-order valence-electron chi connectivity index (χ1n) is 8.32. The standard InChI is InChI=1S/C17H18BrF3N2O3S2/c1-16(24,17(19,20)21)12-4-5-14(13(18)11-12)22-6-8-23(9-7-22)28(25,26)15-3-2-10-27-15/h2-5,10-11,24H,6-9H2,1H3. The van der Waals surface area contributed by atoms with Crippen LogP contribution < -0.4 is 4.90 Å². The van der Waals surface area contributed by atoms with Crippen LogP contribution in [0.2, 0.25) is 0 Å². The fourth-order valence-corrected chi connectivity index (χ4v) is 6.13. The van der Waals surface area contributed by atoms with Crippen molar-refractivity contribution >= 4 is 43.0 Å². The highest BCUT2D eigenvalue weighted by atomic mass is 79.9. The lowest BCUT2D eigenvalue weighted by Gasteiger charge is -2.36. The van der Waals surface area contributed by atoms with E-state index in [-0.39, 0.29) is 18.7 Å². The number of rotatable bonds is 4. The summed E-state index contributed by atoms with van der Waals surface area (Å²) in [7, 11) is -3.52. The van der Waals surface area contributed by atoms with Gasteiger partial charge in [0.15, 0.2) is 5.60 Å². The quantitative estimate of drug-likeness (QED) is 0.696. The van der Waals surface area contributed by atoms with Gasteiger partial charge in [0.1, 0.15) is 4.21 Å². The molecule has 1 aromatic heterocycles. The van der Waals surface area contributed by atoms with Crippen LogP contribution in [0.5, 0.6) is 0 Å². The van der Waals surface area contributed by atoms with E-state index in [4.69, 9.17) is 0 Å². The summed E-state index contributed by atoms with van der Waals surface area (Å²) in [6.07, 6.45) is -4.80. The van der Waals surface area contributed by atoms with Crippen molar-refractivity contribution in [3.63, 3.8) is 0 Å². The third kappa shape index (κ3) is 3.95. The van der Waals surface area contributed by atoms with Crippen LogP contribution in [0.4, 0.5) is 18.9 Å². The number of alkyl halides is 3. The number of halogens is 4. The van der Waals surface area contributed by atoms with E-state index >= 15 is 0 Å².